The van der Waals surface area contributed by atoms with E-state index < -0.39 is 0 Å². The molecule has 2 heteroatoms. The van der Waals surface area contributed by atoms with Crippen LogP contribution in [0.3, 0.4) is 0 Å². The van der Waals surface area contributed by atoms with Gasteiger partial charge in [0.25, 0.3) is 0 Å². The molecule has 0 saturated heterocycles. The van der Waals surface area contributed by atoms with E-state index in [1.165, 1.54) is 0 Å². The maximum atomic E-state index is 7.75. The third-order valence-electron chi connectivity index (χ3n) is 0. The van der Waals surface area contributed by atoms with Crippen molar-refractivity contribution >= 4 is 6.79 Å². The van der Waals surface area contributed by atoms with E-state index in [1.54, 1.807) is 0 Å². The van der Waals surface area contributed by atoms with Crippen LogP contribution in [-0.2, 0) is 37.5 Å². The van der Waals surface area contributed by atoms with Crippen molar-refractivity contribution in [1.29, 1.82) is 0 Å². The Kier molecular flexibility index (Phi) is 1070. The Morgan fingerprint density at radius 1 is 1.17 bits per heavy atom. The van der Waals surface area contributed by atoms with Crippen LogP contribution in [0.5, 0.6) is 0 Å². The molecule has 0 aliphatic carbocycles. The van der Waals surface area contributed by atoms with Crippen molar-refractivity contribution < 1.29 is 37.5 Å². The average molecular weight is 164 g/mol. The van der Waals surface area contributed by atoms with Gasteiger partial charge in [0.05, 0.1) is 0 Å². The summed E-state index contributed by atoms with van der Waals surface area (Å²) >= 11 is 0. The first-order chi connectivity index (χ1) is 2.00. The molecule has 6 heavy (non-hydrogen) atoms. The van der Waals surface area contributed by atoms with Gasteiger partial charge in [-0.1, -0.05) is 21.3 Å². The van der Waals surface area contributed by atoms with Crippen molar-refractivity contribution in [3.05, 3.63) is 0 Å². The molecule has 0 amide bonds. The first-order valence-electron chi connectivity index (χ1n) is 1.24. The van der Waals surface area contributed by atoms with E-state index in [2.05, 4.69) is 6.79 Å². The molecule has 0 aliphatic heterocycles. The molecule has 0 aromatic rings. The quantitative estimate of drug-likeness (QED) is 0.390. The average Bonchev–Trinajstić information content (AvgIpc) is 1.50. The summed E-state index contributed by atoms with van der Waals surface area (Å²) in [5.41, 5.74) is 0. The number of hydrogen-bond donors (Lipinski definition) is 0. The molecule has 1 nitrogen and oxygen atoms in total. The van der Waals surface area contributed by atoms with E-state index in [-0.39, 0.29) is 40.1 Å². The van der Waals surface area contributed by atoms with Crippen molar-refractivity contribution in [2.75, 3.05) is 0 Å². The molecule has 0 aromatic heterocycles. The summed E-state index contributed by atoms with van der Waals surface area (Å²) in [6.45, 7) is 7.25. The van der Waals surface area contributed by atoms with Gasteiger partial charge in [-0.05, 0) is 0 Å². The minimum atomic E-state index is 0. The minimum absolute atomic E-state index is 0. The predicted octanol–water partition coefficient (Wildman–Crippen LogP) is 1.39. The van der Waals surface area contributed by atoms with Crippen LogP contribution < -0.4 is 0 Å². The third-order valence-corrected chi connectivity index (χ3v) is 0. The van der Waals surface area contributed by atoms with Crippen LogP contribution in [0.25, 0.3) is 0 Å². The normalized spacial score (nSPS) is 1.67. The summed E-state index contributed by atoms with van der Waals surface area (Å²) in [7, 11) is 0. The first kappa shape index (κ1) is 29.3. The maximum Gasteiger partial charge on any atom is 0 e. The zero-order valence-electron chi connectivity index (χ0n) is 3.56. The minimum Gasteiger partial charge on any atom is -0.545 e. The summed E-state index contributed by atoms with van der Waals surface area (Å²) in [6, 6.07) is 0. The fourth-order valence-electron chi connectivity index (χ4n) is 0. The van der Waals surface area contributed by atoms with E-state index >= 15 is 0 Å². The Morgan fingerprint density at radius 2 is 1.17 bits per heavy atom. The molecule has 0 N–H and O–H groups in total. The summed E-state index contributed by atoms with van der Waals surface area (Å²) in [4.78, 5) is 7.75. The van der Waals surface area contributed by atoms with Crippen LogP contribution in [0.1, 0.15) is 21.3 Å². The monoisotopic (exact) mass is 164 g/mol. The van der Waals surface area contributed by atoms with Gasteiger partial charge in [0.2, 0.25) is 0 Å². The van der Waals surface area contributed by atoms with Gasteiger partial charge < -0.3 is 4.79 Å². The SMILES string of the molecule is C.CC.[CH-]=O.[Y]. The van der Waals surface area contributed by atoms with Crippen molar-refractivity contribution in [3.63, 3.8) is 0 Å². The van der Waals surface area contributed by atoms with E-state index in [4.69, 9.17) is 4.79 Å². The number of carbonyl (C=O) groups excluding carboxylic acids is 1. The zero-order valence-corrected chi connectivity index (χ0v) is 6.40. The van der Waals surface area contributed by atoms with Crippen molar-refractivity contribution in [1.82, 2.24) is 0 Å². The standard InChI is InChI=1S/C2H6.CHO.CH4.Y/c2*1-2;;/h1-2H3;1H;1H4;/q;-1;;. The van der Waals surface area contributed by atoms with Crippen LogP contribution in [-0.4, -0.2) is 6.79 Å². The van der Waals surface area contributed by atoms with Gasteiger partial charge in [0.15, 0.2) is 0 Å². The molecule has 0 aliphatic rings. The van der Waals surface area contributed by atoms with Gasteiger partial charge in [-0.15, -0.1) is 0 Å². The molecule has 0 rings (SSSR count). The number of rotatable bonds is 0. The molecule has 1 radical (unpaired) electrons. The third kappa shape index (κ3) is 114. The predicted molar refractivity (Wildman–Crippen MR) is 24.8 cm³/mol. The van der Waals surface area contributed by atoms with Crippen LogP contribution in [0.2, 0.25) is 0 Å². The second kappa shape index (κ2) is 220. The molecule has 0 fully saturated rings. The Morgan fingerprint density at radius 3 is 1.17 bits per heavy atom. The molecular formula is C4H11OY-. The van der Waals surface area contributed by atoms with Crippen molar-refractivity contribution in [2.45, 2.75) is 21.3 Å². The van der Waals surface area contributed by atoms with Crippen LogP contribution >= 0.6 is 0 Å². The molecule has 37 valence electrons. The Bertz CT molecular complexity index is 7.51. The fraction of sp³-hybridized carbons (Fsp3) is 0.750. The molecule has 0 atom stereocenters. The van der Waals surface area contributed by atoms with E-state index in [0.717, 1.165) is 0 Å². The first-order valence-corrected chi connectivity index (χ1v) is 1.24. The van der Waals surface area contributed by atoms with Crippen molar-refractivity contribution in [3.8, 4) is 0 Å². The Labute approximate surface area is 65.4 Å². The van der Waals surface area contributed by atoms with Gasteiger partial charge in [-0.25, -0.2) is 0 Å². The van der Waals surface area contributed by atoms with Gasteiger partial charge >= 0.3 is 0 Å². The molecular weight excluding hydrogens is 153 g/mol. The largest absolute Gasteiger partial charge is 0.545 e. The summed E-state index contributed by atoms with van der Waals surface area (Å²) in [5.74, 6) is 0. The van der Waals surface area contributed by atoms with Gasteiger partial charge in [0, 0.05) is 32.7 Å². The van der Waals surface area contributed by atoms with Gasteiger partial charge in [-0.2, -0.15) is 0 Å². The van der Waals surface area contributed by atoms with Crippen molar-refractivity contribution in [2.24, 2.45) is 0 Å². The molecule has 0 aromatic carbocycles. The molecule has 0 unspecified atom stereocenters. The summed E-state index contributed by atoms with van der Waals surface area (Å²) in [6.07, 6.45) is 0. The Hall–Kier alpha value is 0.774. The van der Waals surface area contributed by atoms with E-state index in [9.17, 15) is 0 Å². The van der Waals surface area contributed by atoms with E-state index in [1.807, 2.05) is 13.8 Å². The van der Waals surface area contributed by atoms with E-state index in [0.29, 0.717) is 0 Å². The summed E-state index contributed by atoms with van der Waals surface area (Å²) in [5, 5.41) is 0. The second-order valence-electron chi connectivity index (χ2n) is 0. The summed E-state index contributed by atoms with van der Waals surface area (Å²) < 4.78 is 0. The molecule has 0 heterocycles. The number of hydrogen-bond acceptors (Lipinski definition) is 1. The van der Waals surface area contributed by atoms with Gasteiger partial charge in [0.1, 0.15) is 0 Å². The van der Waals surface area contributed by atoms with Crippen LogP contribution in [0.15, 0.2) is 0 Å². The smallest absolute Gasteiger partial charge is 0 e. The fourth-order valence-corrected chi connectivity index (χ4v) is 0. The molecule has 0 saturated carbocycles. The second-order valence-corrected chi connectivity index (χ2v) is 0. The molecule has 0 bridgehead atoms. The van der Waals surface area contributed by atoms with Crippen LogP contribution in [0.4, 0.5) is 0 Å². The van der Waals surface area contributed by atoms with Crippen LogP contribution in [0, 0.1) is 0 Å². The Balaban J connectivity index is -0.00000000500. The maximum absolute atomic E-state index is 7.75. The molecule has 0 spiro atoms. The topological polar surface area (TPSA) is 17.1 Å². The van der Waals surface area contributed by atoms with Gasteiger partial charge in [-0.3, -0.25) is 6.79 Å². The zero-order chi connectivity index (χ0) is 4.00.